The minimum Gasteiger partial charge on any atom is -0.393 e. The molecule has 0 bridgehead atoms. The van der Waals surface area contributed by atoms with Crippen LogP contribution in [0, 0.1) is 6.92 Å². The Balaban J connectivity index is 2.35. The highest BCUT2D eigenvalue weighted by atomic mass is 16.6. The van der Waals surface area contributed by atoms with Crippen molar-refractivity contribution >= 4 is 5.91 Å². The summed E-state index contributed by atoms with van der Waals surface area (Å²) in [6, 6.07) is 0. The molecule has 1 amide bonds. The van der Waals surface area contributed by atoms with Gasteiger partial charge in [-0.1, -0.05) is 0 Å². The van der Waals surface area contributed by atoms with Crippen molar-refractivity contribution in [3.63, 3.8) is 0 Å². The smallest absolute Gasteiger partial charge is 0.330 e. The van der Waals surface area contributed by atoms with Crippen LogP contribution in [-0.4, -0.2) is 68.3 Å². The van der Waals surface area contributed by atoms with E-state index in [1.54, 1.807) is 0 Å². The molecule has 1 fully saturated rings. The Morgan fingerprint density at radius 3 is 2.75 bits per heavy atom. The molecule has 0 aliphatic carbocycles. The first-order valence-electron chi connectivity index (χ1n) is 7.19. The number of H-pyrrole nitrogens is 1. The summed E-state index contributed by atoms with van der Waals surface area (Å²) in [4.78, 5) is 36.7. The Labute approximate surface area is 135 Å². The molecule has 4 atom stereocenters. The predicted octanol–water partition coefficient (Wildman–Crippen LogP) is -4.10. The van der Waals surface area contributed by atoms with E-state index in [9.17, 15) is 29.7 Å². The van der Waals surface area contributed by atoms with E-state index < -0.39 is 47.8 Å². The molecule has 134 valence electrons. The van der Waals surface area contributed by atoms with Crippen LogP contribution < -0.4 is 22.3 Å². The van der Waals surface area contributed by atoms with E-state index in [0.29, 0.717) is 0 Å². The molecule has 1 aromatic heterocycles. The topological polar surface area (TPSA) is 180 Å². The highest BCUT2D eigenvalue weighted by molar-refractivity contribution is 5.77. The van der Waals surface area contributed by atoms with Crippen LogP contribution in [0.25, 0.3) is 0 Å². The molecule has 11 nitrogen and oxygen atoms in total. The molecule has 2 rings (SSSR count). The zero-order valence-corrected chi connectivity index (χ0v) is 12.9. The fraction of sp³-hybridized carbons (Fsp3) is 0.615. The van der Waals surface area contributed by atoms with E-state index in [2.05, 4.69) is 10.3 Å². The summed E-state index contributed by atoms with van der Waals surface area (Å²) in [6.45, 7) is 0.0878. The Morgan fingerprint density at radius 1 is 1.50 bits per heavy atom. The third-order valence-corrected chi connectivity index (χ3v) is 3.97. The standard InChI is InChI=1S/C13H20N4O7/c1-6-3-17(12(23)16-10(6)22)11-8(20)9(21)13(5-18,24-11)4-15-7(19)2-14/h3,8-9,11,18,20-21H,2,4-5,14H2,1H3,(H,15,19)(H,16,22,23)/t8?,9?,11-,13-/m1/s1. The summed E-state index contributed by atoms with van der Waals surface area (Å²) in [5.74, 6) is -0.548. The second-order valence-corrected chi connectivity index (χ2v) is 5.63. The van der Waals surface area contributed by atoms with Gasteiger partial charge in [-0.2, -0.15) is 0 Å². The zero-order valence-electron chi connectivity index (χ0n) is 12.9. The summed E-state index contributed by atoms with van der Waals surface area (Å²) < 4.78 is 6.42. The van der Waals surface area contributed by atoms with Crippen molar-refractivity contribution in [2.24, 2.45) is 5.73 Å². The van der Waals surface area contributed by atoms with Gasteiger partial charge in [-0.05, 0) is 6.92 Å². The average molecular weight is 344 g/mol. The van der Waals surface area contributed by atoms with Gasteiger partial charge in [0.05, 0.1) is 19.7 Å². The number of aromatic nitrogens is 2. The molecule has 1 aromatic rings. The molecule has 0 spiro atoms. The van der Waals surface area contributed by atoms with Crippen LogP contribution in [0.5, 0.6) is 0 Å². The SMILES string of the molecule is Cc1cn([C@@H]2O[C@@](CO)(CNC(=O)CN)C(O)C2O)c(=O)[nH]c1=O. The molecule has 7 N–H and O–H groups in total. The molecule has 11 heteroatoms. The van der Waals surface area contributed by atoms with Crippen LogP contribution in [-0.2, 0) is 9.53 Å². The van der Waals surface area contributed by atoms with E-state index in [1.165, 1.54) is 13.1 Å². The highest BCUT2D eigenvalue weighted by Gasteiger charge is 2.55. The quantitative estimate of drug-likeness (QED) is 0.312. The third kappa shape index (κ3) is 3.12. The Morgan fingerprint density at radius 2 is 2.17 bits per heavy atom. The van der Waals surface area contributed by atoms with Crippen LogP contribution in [0.2, 0.25) is 0 Å². The van der Waals surface area contributed by atoms with Crippen LogP contribution >= 0.6 is 0 Å². The second-order valence-electron chi connectivity index (χ2n) is 5.63. The van der Waals surface area contributed by atoms with Gasteiger partial charge in [0, 0.05) is 11.8 Å². The predicted molar refractivity (Wildman–Crippen MR) is 80.1 cm³/mol. The molecule has 2 heterocycles. The first-order chi connectivity index (χ1) is 11.3. The van der Waals surface area contributed by atoms with E-state index in [4.69, 9.17) is 10.5 Å². The van der Waals surface area contributed by atoms with Crippen molar-refractivity contribution in [2.45, 2.75) is 31.0 Å². The zero-order chi connectivity index (χ0) is 18.1. The van der Waals surface area contributed by atoms with Crippen molar-refractivity contribution in [1.82, 2.24) is 14.9 Å². The van der Waals surface area contributed by atoms with Gasteiger partial charge in [0.1, 0.15) is 17.8 Å². The van der Waals surface area contributed by atoms with Crippen molar-refractivity contribution in [1.29, 1.82) is 0 Å². The van der Waals surface area contributed by atoms with Gasteiger partial charge in [-0.25, -0.2) is 4.79 Å². The normalized spacial score (nSPS) is 29.6. The molecule has 0 aromatic carbocycles. The molecule has 24 heavy (non-hydrogen) atoms. The maximum atomic E-state index is 11.9. The first kappa shape index (κ1) is 18.3. The van der Waals surface area contributed by atoms with E-state index in [-0.39, 0.29) is 18.7 Å². The number of aliphatic hydroxyl groups is 3. The Bertz CT molecular complexity index is 730. The fourth-order valence-electron chi connectivity index (χ4n) is 2.50. The molecule has 0 saturated carbocycles. The number of aromatic amines is 1. The highest BCUT2D eigenvalue weighted by Crippen LogP contribution is 2.36. The number of ether oxygens (including phenoxy) is 1. The summed E-state index contributed by atoms with van der Waals surface area (Å²) in [5, 5.41) is 32.4. The third-order valence-electron chi connectivity index (χ3n) is 3.97. The number of rotatable bonds is 5. The maximum Gasteiger partial charge on any atom is 0.330 e. The molecule has 1 saturated heterocycles. The number of amides is 1. The number of nitrogens with two attached hydrogens (primary N) is 1. The summed E-state index contributed by atoms with van der Waals surface area (Å²) in [7, 11) is 0. The molecule has 1 aliphatic heterocycles. The van der Waals surface area contributed by atoms with Crippen molar-refractivity contribution in [3.8, 4) is 0 Å². The Hall–Kier alpha value is -2.05. The van der Waals surface area contributed by atoms with Crippen molar-refractivity contribution < 1.29 is 24.9 Å². The summed E-state index contributed by atoms with van der Waals surface area (Å²) >= 11 is 0. The minimum atomic E-state index is -1.72. The van der Waals surface area contributed by atoms with Gasteiger partial charge < -0.3 is 31.1 Å². The van der Waals surface area contributed by atoms with Gasteiger partial charge in [0.15, 0.2) is 6.23 Å². The van der Waals surface area contributed by atoms with Gasteiger partial charge >= 0.3 is 5.69 Å². The number of aliphatic hydroxyl groups excluding tert-OH is 3. The van der Waals surface area contributed by atoms with Gasteiger partial charge in [0.2, 0.25) is 5.91 Å². The van der Waals surface area contributed by atoms with Crippen LogP contribution in [0.3, 0.4) is 0 Å². The van der Waals surface area contributed by atoms with E-state index >= 15 is 0 Å². The lowest BCUT2D eigenvalue weighted by atomic mass is 9.96. The number of carbonyl (C=O) groups is 1. The van der Waals surface area contributed by atoms with Gasteiger partial charge in [-0.15, -0.1) is 0 Å². The van der Waals surface area contributed by atoms with Gasteiger partial charge in [0.25, 0.3) is 5.56 Å². The number of nitrogens with one attached hydrogen (secondary N) is 2. The monoisotopic (exact) mass is 344 g/mol. The Kier molecular flexibility index (Phi) is 5.20. The maximum absolute atomic E-state index is 11.9. The van der Waals surface area contributed by atoms with E-state index in [0.717, 1.165) is 4.57 Å². The fourth-order valence-corrected chi connectivity index (χ4v) is 2.50. The van der Waals surface area contributed by atoms with Crippen LogP contribution in [0.1, 0.15) is 11.8 Å². The lowest BCUT2D eigenvalue weighted by molar-refractivity contribution is -0.135. The van der Waals surface area contributed by atoms with Crippen molar-refractivity contribution in [3.05, 3.63) is 32.6 Å². The number of carbonyl (C=O) groups excluding carboxylic acids is 1. The average Bonchev–Trinajstić information content (AvgIpc) is 2.81. The minimum absolute atomic E-state index is 0.192. The van der Waals surface area contributed by atoms with Crippen LogP contribution in [0.15, 0.2) is 15.8 Å². The number of hydrogen-bond donors (Lipinski definition) is 6. The molecular formula is C13H20N4O7. The first-order valence-corrected chi connectivity index (χ1v) is 7.19. The molecule has 0 radical (unpaired) electrons. The lowest BCUT2D eigenvalue weighted by Crippen LogP contribution is -2.54. The number of hydrogen-bond acceptors (Lipinski definition) is 8. The number of nitrogens with zero attached hydrogens (tertiary/aromatic N) is 1. The molecule has 2 unspecified atom stereocenters. The lowest BCUT2D eigenvalue weighted by Gasteiger charge is -2.30. The van der Waals surface area contributed by atoms with E-state index in [1.807, 2.05) is 0 Å². The van der Waals surface area contributed by atoms with Gasteiger partial charge in [-0.3, -0.25) is 19.1 Å². The van der Waals surface area contributed by atoms with Crippen LogP contribution in [0.4, 0.5) is 0 Å². The molecular weight excluding hydrogens is 324 g/mol. The summed E-state index contributed by atoms with van der Waals surface area (Å²) in [6.07, 6.45) is -3.35. The largest absolute Gasteiger partial charge is 0.393 e. The molecule has 1 aliphatic rings. The number of aryl methyl sites for hydroxylation is 1. The summed E-state index contributed by atoms with van der Waals surface area (Å²) in [5.41, 5.74) is 2.20. The second kappa shape index (κ2) is 6.83. The van der Waals surface area contributed by atoms with Crippen molar-refractivity contribution in [2.75, 3.05) is 19.7 Å².